The summed E-state index contributed by atoms with van der Waals surface area (Å²) in [5.41, 5.74) is 0.469. The van der Waals surface area contributed by atoms with Crippen molar-refractivity contribution in [3.8, 4) is 0 Å². The Labute approximate surface area is 139 Å². The summed E-state index contributed by atoms with van der Waals surface area (Å²) < 4.78 is 24.1. The number of benzene rings is 1. The van der Waals surface area contributed by atoms with E-state index in [1.165, 1.54) is 18.2 Å². The summed E-state index contributed by atoms with van der Waals surface area (Å²) in [5, 5.41) is 9.79. The summed E-state index contributed by atoms with van der Waals surface area (Å²) in [6, 6.07) is 5.68. The molecule has 0 unspecified atom stereocenters. The standard InChI is InChI=1S/C17H21FN2O4/c18-14-1-2-15-13(11-14)12-16(24-15)17(22)20(5-8-21)4-3-19-6-9-23-10-7-19/h1-2,11-12,21H,3-10H2. The molecule has 6 nitrogen and oxygen atoms in total. The van der Waals surface area contributed by atoms with Gasteiger partial charge in [0.05, 0.1) is 19.8 Å². The molecule has 1 amide bonds. The summed E-state index contributed by atoms with van der Waals surface area (Å²) in [5.74, 6) is -0.512. The predicted molar refractivity (Wildman–Crippen MR) is 86.4 cm³/mol. The highest BCUT2D eigenvalue weighted by Crippen LogP contribution is 2.21. The minimum absolute atomic E-state index is 0.121. The van der Waals surface area contributed by atoms with Crippen LogP contribution in [-0.2, 0) is 4.74 Å². The van der Waals surface area contributed by atoms with Crippen LogP contribution in [0.15, 0.2) is 28.7 Å². The first-order valence-electron chi connectivity index (χ1n) is 8.07. The van der Waals surface area contributed by atoms with Crippen molar-refractivity contribution in [2.75, 3.05) is 52.5 Å². The monoisotopic (exact) mass is 336 g/mol. The number of fused-ring (bicyclic) bond motifs is 1. The van der Waals surface area contributed by atoms with Crippen LogP contribution in [0.3, 0.4) is 0 Å². The average Bonchev–Trinajstić information content (AvgIpc) is 3.02. The highest BCUT2D eigenvalue weighted by Gasteiger charge is 2.21. The van der Waals surface area contributed by atoms with E-state index in [4.69, 9.17) is 9.15 Å². The number of rotatable bonds is 6. The van der Waals surface area contributed by atoms with Crippen LogP contribution in [0, 0.1) is 5.82 Å². The lowest BCUT2D eigenvalue weighted by Gasteiger charge is -2.29. The number of aliphatic hydroxyl groups is 1. The van der Waals surface area contributed by atoms with E-state index in [0.717, 1.165) is 13.1 Å². The third-order valence-corrected chi connectivity index (χ3v) is 4.14. The molecule has 24 heavy (non-hydrogen) atoms. The van der Waals surface area contributed by atoms with Gasteiger partial charge in [0.2, 0.25) is 0 Å². The molecule has 7 heteroatoms. The Hall–Kier alpha value is -1.96. The van der Waals surface area contributed by atoms with Gasteiger partial charge in [-0.2, -0.15) is 0 Å². The lowest BCUT2D eigenvalue weighted by atomic mass is 10.2. The fraction of sp³-hybridized carbons (Fsp3) is 0.471. The van der Waals surface area contributed by atoms with Gasteiger partial charge in [0.25, 0.3) is 5.91 Å². The third-order valence-electron chi connectivity index (χ3n) is 4.14. The molecule has 0 atom stereocenters. The molecule has 3 rings (SSSR count). The SMILES string of the molecule is O=C(c1cc2cc(F)ccc2o1)N(CCO)CCN1CCOCC1. The van der Waals surface area contributed by atoms with Gasteiger partial charge in [-0.1, -0.05) is 0 Å². The van der Waals surface area contributed by atoms with E-state index in [2.05, 4.69) is 4.90 Å². The molecule has 2 aromatic rings. The van der Waals surface area contributed by atoms with E-state index in [1.54, 1.807) is 11.0 Å². The van der Waals surface area contributed by atoms with Crippen LogP contribution in [-0.4, -0.2) is 73.4 Å². The summed E-state index contributed by atoms with van der Waals surface area (Å²) in [6.07, 6.45) is 0. The Morgan fingerprint density at radius 2 is 2.04 bits per heavy atom. The van der Waals surface area contributed by atoms with Gasteiger partial charge in [-0.3, -0.25) is 9.69 Å². The summed E-state index contributed by atoms with van der Waals surface area (Å²) in [7, 11) is 0. The second-order valence-electron chi connectivity index (χ2n) is 5.76. The predicted octanol–water partition coefficient (Wildman–Crippen LogP) is 1.34. The van der Waals surface area contributed by atoms with Crippen molar-refractivity contribution in [2.24, 2.45) is 0 Å². The Kier molecular flexibility index (Phi) is 5.44. The molecule has 0 aliphatic carbocycles. The van der Waals surface area contributed by atoms with Crippen molar-refractivity contribution < 1.29 is 23.4 Å². The lowest BCUT2D eigenvalue weighted by Crippen LogP contribution is -2.43. The lowest BCUT2D eigenvalue weighted by molar-refractivity contribution is 0.0311. The van der Waals surface area contributed by atoms with Crippen molar-refractivity contribution in [3.05, 3.63) is 35.8 Å². The molecular formula is C17H21FN2O4. The van der Waals surface area contributed by atoms with Crippen molar-refractivity contribution in [3.63, 3.8) is 0 Å². The summed E-state index contributed by atoms with van der Waals surface area (Å²) >= 11 is 0. The Bertz CT molecular complexity index is 697. The summed E-state index contributed by atoms with van der Waals surface area (Å²) in [6.45, 7) is 4.38. The third kappa shape index (κ3) is 3.92. The van der Waals surface area contributed by atoms with Gasteiger partial charge in [-0.25, -0.2) is 4.39 Å². The van der Waals surface area contributed by atoms with Gasteiger partial charge in [0.1, 0.15) is 11.4 Å². The zero-order chi connectivity index (χ0) is 16.9. The second-order valence-corrected chi connectivity index (χ2v) is 5.76. The average molecular weight is 336 g/mol. The van der Waals surface area contributed by atoms with Gasteiger partial charge < -0.3 is 19.2 Å². The largest absolute Gasteiger partial charge is 0.451 e. The number of hydrogen-bond acceptors (Lipinski definition) is 5. The molecule has 0 radical (unpaired) electrons. The van der Waals surface area contributed by atoms with Crippen LogP contribution >= 0.6 is 0 Å². The molecule has 130 valence electrons. The molecule has 1 N–H and O–H groups in total. The molecule has 0 saturated carbocycles. The molecule has 1 aliphatic rings. The number of aliphatic hydroxyl groups excluding tert-OH is 1. The first-order chi connectivity index (χ1) is 11.7. The maximum Gasteiger partial charge on any atom is 0.289 e. The fourth-order valence-corrected chi connectivity index (χ4v) is 2.80. The van der Waals surface area contributed by atoms with Gasteiger partial charge in [-0.15, -0.1) is 0 Å². The number of furan rings is 1. The van der Waals surface area contributed by atoms with E-state index in [9.17, 15) is 14.3 Å². The molecule has 1 aromatic carbocycles. The smallest absolute Gasteiger partial charge is 0.289 e. The molecule has 1 aliphatic heterocycles. The minimum Gasteiger partial charge on any atom is -0.451 e. The Balaban J connectivity index is 1.69. The number of amides is 1. The van der Waals surface area contributed by atoms with Gasteiger partial charge in [-0.05, 0) is 24.3 Å². The van der Waals surface area contributed by atoms with Crippen molar-refractivity contribution in [1.29, 1.82) is 0 Å². The Morgan fingerprint density at radius 3 is 2.79 bits per heavy atom. The van der Waals surface area contributed by atoms with Crippen LogP contribution in [0.25, 0.3) is 11.0 Å². The van der Waals surface area contributed by atoms with Crippen molar-refractivity contribution >= 4 is 16.9 Å². The number of hydrogen-bond donors (Lipinski definition) is 1. The first kappa shape index (κ1) is 16.9. The first-order valence-corrected chi connectivity index (χ1v) is 8.07. The number of ether oxygens (including phenoxy) is 1. The maximum atomic E-state index is 13.3. The Morgan fingerprint density at radius 1 is 1.25 bits per heavy atom. The highest BCUT2D eigenvalue weighted by atomic mass is 19.1. The number of halogens is 1. The molecule has 0 bridgehead atoms. The maximum absolute atomic E-state index is 13.3. The molecule has 1 aromatic heterocycles. The summed E-state index contributed by atoms with van der Waals surface area (Å²) in [4.78, 5) is 16.4. The van der Waals surface area contributed by atoms with E-state index in [0.29, 0.717) is 37.3 Å². The number of carbonyl (C=O) groups excluding carboxylic acids is 1. The van der Waals surface area contributed by atoms with Gasteiger partial charge in [0.15, 0.2) is 5.76 Å². The zero-order valence-electron chi connectivity index (χ0n) is 13.4. The number of carbonyl (C=O) groups is 1. The molecule has 1 saturated heterocycles. The fourth-order valence-electron chi connectivity index (χ4n) is 2.80. The van der Waals surface area contributed by atoms with Crippen LogP contribution in [0.2, 0.25) is 0 Å². The molecular weight excluding hydrogens is 315 g/mol. The van der Waals surface area contributed by atoms with Crippen molar-refractivity contribution in [2.45, 2.75) is 0 Å². The quantitative estimate of drug-likeness (QED) is 0.862. The van der Waals surface area contributed by atoms with Gasteiger partial charge >= 0.3 is 0 Å². The molecule has 0 spiro atoms. The van der Waals surface area contributed by atoms with E-state index < -0.39 is 0 Å². The highest BCUT2D eigenvalue weighted by molar-refractivity contribution is 5.96. The van der Waals surface area contributed by atoms with Crippen molar-refractivity contribution in [1.82, 2.24) is 9.80 Å². The second kappa shape index (κ2) is 7.74. The van der Waals surface area contributed by atoms with Crippen LogP contribution in [0.5, 0.6) is 0 Å². The number of morpholine rings is 1. The molecule has 1 fully saturated rings. The minimum atomic E-state index is -0.373. The van der Waals surface area contributed by atoms with E-state index in [1.807, 2.05) is 0 Å². The van der Waals surface area contributed by atoms with E-state index in [-0.39, 0.29) is 30.6 Å². The van der Waals surface area contributed by atoms with Crippen LogP contribution in [0.1, 0.15) is 10.6 Å². The zero-order valence-corrected chi connectivity index (χ0v) is 13.4. The van der Waals surface area contributed by atoms with Crippen LogP contribution in [0.4, 0.5) is 4.39 Å². The molecule has 2 heterocycles. The van der Waals surface area contributed by atoms with Gasteiger partial charge in [0, 0.05) is 38.1 Å². The number of nitrogens with zero attached hydrogens (tertiary/aromatic N) is 2. The van der Waals surface area contributed by atoms with E-state index >= 15 is 0 Å². The topological polar surface area (TPSA) is 66.2 Å². The van der Waals surface area contributed by atoms with Crippen LogP contribution < -0.4 is 0 Å². The normalized spacial score (nSPS) is 15.8.